The van der Waals surface area contributed by atoms with Crippen molar-refractivity contribution in [2.24, 2.45) is 9.50 Å². The van der Waals surface area contributed by atoms with E-state index in [1.807, 2.05) is 6.07 Å². The molecule has 31 heavy (non-hydrogen) atoms. The Hall–Kier alpha value is -2.26. The van der Waals surface area contributed by atoms with Crippen LogP contribution in [0.3, 0.4) is 0 Å². The third-order valence-corrected chi connectivity index (χ3v) is 7.60. The monoisotopic (exact) mass is 442 g/mol. The van der Waals surface area contributed by atoms with Gasteiger partial charge in [0.25, 0.3) is 0 Å². The van der Waals surface area contributed by atoms with Gasteiger partial charge in [0.2, 0.25) is 0 Å². The van der Waals surface area contributed by atoms with Gasteiger partial charge >= 0.3 is 6.03 Å². The van der Waals surface area contributed by atoms with Crippen LogP contribution in [-0.4, -0.2) is 33.5 Å². The van der Waals surface area contributed by atoms with Crippen LogP contribution in [0.4, 0.5) is 10.5 Å². The van der Waals surface area contributed by atoms with Gasteiger partial charge in [0.15, 0.2) is 0 Å². The zero-order valence-corrected chi connectivity index (χ0v) is 18.9. The summed E-state index contributed by atoms with van der Waals surface area (Å²) in [5.74, 6) is 0. The van der Waals surface area contributed by atoms with E-state index in [2.05, 4.69) is 15.7 Å². The molecule has 4 rings (SSSR count). The van der Waals surface area contributed by atoms with Crippen molar-refractivity contribution >= 4 is 21.6 Å². The van der Waals surface area contributed by atoms with E-state index in [-0.39, 0.29) is 0 Å². The third-order valence-electron chi connectivity index (χ3n) is 6.23. The summed E-state index contributed by atoms with van der Waals surface area (Å²) >= 11 is 0. The van der Waals surface area contributed by atoms with Crippen LogP contribution in [0.2, 0.25) is 0 Å². The molecule has 2 aliphatic rings. The van der Waals surface area contributed by atoms with Gasteiger partial charge in [-0.1, -0.05) is 18.2 Å². The molecule has 0 heterocycles. The van der Waals surface area contributed by atoms with Crippen LogP contribution >= 0.6 is 0 Å². The average Bonchev–Trinajstić information content (AvgIpc) is 3.36. The molecule has 2 aromatic carbocycles. The summed E-state index contributed by atoms with van der Waals surface area (Å²) in [7, 11) is -1.62. The number of fused-ring (bicyclic) bond motifs is 2. The molecule has 7 nitrogen and oxygen atoms in total. The van der Waals surface area contributed by atoms with Gasteiger partial charge in [-0.05, 0) is 92.4 Å². The standard InChI is InChI=1S/C23H30N4O3S/c1-15(28)27(2)14-16-6-3-9-19(12-16)31(24,30)26-23(29)25-22-20-10-4-7-17(20)13-18-8-5-11-21(18)22/h3,6,9,12-13,15,28H,4-5,7-8,10-11,14H2,1-2H3,(H3,24,25,26,29,30). The van der Waals surface area contributed by atoms with Gasteiger partial charge in [-0.2, -0.15) is 0 Å². The van der Waals surface area contributed by atoms with Crippen molar-refractivity contribution < 1.29 is 14.1 Å². The lowest BCUT2D eigenvalue weighted by Gasteiger charge is -2.20. The summed E-state index contributed by atoms with van der Waals surface area (Å²) in [5, 5.41) is 18.6. The SMILES string of the molecule is CC(O)N(C)Cc1cccc(S(N)(=O)=NC(=O)Nc2c3c(cc4c2CCC4)CCC3)c1. The average molecular weight is 443 g/mol. The minimum Gasteiger partial charge on any atom is -0.379 e. The molecule has 0 radical (unpaired) electrons. The number of nitrogens with zero attached hydrogens (tertiary/aromatic N) is 2. The van der Waals surface area contributed by atoms with Crippen LogP contribution in [0.15, 0.2) is 39.6 Å². The minimum atomic E-state index is -3.40. The Balaban J connectivity index is 1.60. The number of anilines is 1. The van der Waals surface area contributed by atoms with E-state index in [0.29, 0.717) is 11.4 Å². The summed E-state index contributed by atoms with van der Waals surface area (Å²) in [6.45, 7) is 2.13. The number of aryl methyl sites for hydroxylation is 2. The van der Waals surface area contributed by atoms with Gasteiger partial charge in [0.1, 0.15) is 16.1 Å². The first-order chi connectivity index (χ1) is 14.7. The molecule has 2 aliphatic carbocycles. The Kier molecular flexibility index (Phi) is 6.16. The second kappa shape index (κ2) is 8.70. The van der Waals surface area contributed by atoms with E-state index in [1.165, 1.54) is 22.3 Å². The number of urea groups is 1. The number of rotatable bonds is 5. The third kappa shape index (κ3) is 4.67. The highest BCUT2D eigenvalue weighted by molar-refractivity contribution is 7.91. The maximum atomic E-state index is 13.1. The molecule has 0 bridgehead atoms. The van der Waals surface area contributed by atoms with Crippen molar-refractivity contribution in [2.45, 2.75) is 63.1 Å². The van der Waals surface area contributed by atoms with Crippen molar-refractivity contribution in [1.29, 1.82) is 0 Å². The fourth-order valence-corrected chi connectivity index (χ4v) is 5.51. The number of carbonyl (C=O) groups excluding carboxylic acids is 1. The number of nitrogens with two attached hydrogens (primary N) is 1. The lowest BCUT2D eigenvalue weighted by molar-refractivity contribution is 0.0329. The van der Waals surface area contributed by atoms with Crippen LogP contribution in [0.1, 0.15) is 47.6 Å². The maximum Gasteiger partial charge on any atom is 0.354 e. The fraction of sp³-hybridized carbons (Fsp3) is 0.435. The molecule has 0 aliphatic heterocycles. The minimum absolute atomic E-state index is 0.294. The summed E-state index contributed by atoms with van der Waals surface area (Å²) in [4.78, 5) is 14.8. The molecule has 0 saturated heterocycles. The van der Waals surface area contributed by atoms with Gasteiger partial charge in [0, 0.05) is 12.2 Å². The number of amides is 2. The van der Waals surface area contributed by atoms with E-state index >= 15 is 0 Å². The number of hydrogen-bond donors (Lipinski definition) is 3. The maximum absolute atomic E-state index is 13.1. The zero-order valence-electron chi connectivity index (χ0n) is 18.1. The predicted molar refractivity (Wildman–Crippen MR) is 122 cm³/mol. The van der Waals surface area contributed by atoms with E-state index < -0.39 is 22.2 Å². The smallest absolute Gasteiger partial charge is 0.354 e. The Labute approximate surface area is 184 Å². The van der Waals surface area contributed by atoms with E-state index in [1.54, 1.807) is 37.1 Å². The van der Waals surface area contributed by atoms with Crippen molar-refractivity contribution in [3.05, 3.63) is 58.1 Å². The van der Waals surface area contributed by atoms with Crippen LogP contribution in [-0.2, 0) is 42.1 Å². The van der Waals surface area contributed by atoms with Gasteiger partial charge in [-0.15, -0.1) is 4.36 Å². The topological polar surface area (TPSA) is 108 Å². The number of carbonyl (C=O) groups is 1. The molecule has 0 saturated carbocycles. The molecule has 4 N–H and O–H groups in total. The Morgan fingerprint density at radius 1 is 1.19 bits per heavy atom. The highest BCUT2D eigenvalue weighted by Crippen LogP contribution is 2.38. The molecule has 2 aromatic rings. The highest BCUT2D eigenvalue weighted by atomic mass is 32.2. The lowest BCUT2D eigenvalue weighted by Crippen LogP contribution is -2.28. The lowest BCUT2D eigenvalue weighted by atomic mass is 9.99. The van der Waals surface area contributed by atoms with Gasteiger partial charge in [-0.25, -0.2) is 14.1 Å². The van der Waals surface area contributed by atoms with Crippen LogP contribution in [0.5, 0.6) is 0 Å². The zero-order chi connectivity index (χ0) is 22.2. The molecule has 2 amide bonds. The second-order valence-electron chi connectivity index (χ2n) is 8.52. The first-order valence-electron chi connectivity index (χ1n) is 10.7. The van der Waals surface area contributed by atoms with Gasteiger partial charge in [-0.3, -0.25) is 4.90 Å². The summed E-state index contributed by atoms with van der Waals surface area (Å²) < 4.78 is 17.0. The highest BCUT2D eigenvalue weighted by Gasteiger charge is 2.25. The number of aliphatic hydroxyl groups excluding tert-OH is 1. The van der Waals surface area contributed by atoms with E-state index in [0.717, 1.165) is 49.8 Å². The van der Waals surface area contributed by atoms with Crippen LogP contribution in [0.25, 0.3) is 0 Å². The number of benzene rings is 2. The van der Waals surface area contributed by atoms with Crippen LogP contribution in [0, 0.1) is 0 Å². The van der Waals surface area contributed by atoms with E-state index in [9.17, 15) is 14.1 Å². The van der Waals surface area contributed by atoms with Crippen molar-refractivity contribution in [2.75, 3.05) is 12.4 Å². The number of nitrogens with one attached hydrogen (secondary N) is 1. The largest absolute Gasteiger partial charge is 0.379 e. The summed E-state index contributed by atoms with van der Waals surface area (Å²) in [6.07, 6.45) is 5.49. The Bertz CT molecular complexity index is 1100. The molecule has 166 valence electrons. The first-order valence-corrected chi connectivity index (χ1v) is 12.3. The molecular weight excluding hydrogens is 412 g/mol. The van der Waals surface area contributed by atoms with Gasteiger partial charge in [0.05, 0.1) is 4.90 Å². The normalized spacial score (nSPS) is 17.7. The molecular formula is C23H30N4O3S. The van der Waals surface area contributed by atoms with Crippen molar-refractivity contribution in [3.63, 3.8) is 0 Å². The number of aliphatic hydroxyl groups is 1. The number of hydrogen-bond acceptors (Lipinski definition) is 4. The van der Waals surface area contributed by atoms with Crippen molar-refractivity contribution in [1.82, 2.24) is 4.90 Å². The van der Waals surface area contributed by atoms with E-state index in [4.69, 9.17) is 5.14 Å². The molecule has 0 spiro atoms. The fourth-order valence-electron chi connectivity index (χ4n) is 4.52. The van der Waals surface area contributed by atoms with Gasteiger partial charge < -0.3 is 10.4 Å². The van der Waals surface area contributed by atoms with Crippen LogP contribution < -0.4 is 10.5 Å². The molecule has 0 aromatic heterocycles. The van der Waals surface area contributed by atoms with Crippen molar-refractivity contribution in [3.8, 4) is 0 Å². The summed E-state index contributed by atoms with van der Waals surface area (Å²) in [6, 6.07) is 8.50. The molecule has 0 fully saturated rings. The summed E-state index contributed by atoms with van der Waals surface area (Å²) in [5.41, 5.74) is 6.68. The molecule has 2 unspecified atom stereocenters. The Morgan fingerprint density at radius 3 is 2.45 bits per heavy atom. The first kappa shape index (κ1) is 22.0. The second-order valence-corrected chi connectivity index (χ2v) is 10.3. The quantitative estimate of drug-likeness (QED) is 0.617. The Morgan fingerprint density at radius 2 is 1.84 bits per heavy atom. The molecule has 2 atom stereocenters. The molecule has 8 heteroatoms. The predicted octanol–water partition coefficient (Wildman–Crippen LogP) is 3.37.